The van der Waals surface area contributed by atoms with Gasteiger partial charge in [-0.05, 0) is 19.4 Å². The third-order valence-corrected chi connectivity index (χ3v) is 3.28. The third-order valence-electron chi connectivity index (χ3n) is 2.52. The summed E-state index contributed by atoms with van der Waals surface area (Å²) in [7, 11) is 0. The van der Waals surface area contributed by atoms with Gasteiger partial charge in [-0.2, -0.15) is 0 Å². The van der Waals surface area contributed by atoms with Crippen LogP contribution < -0.4 is 0 Å². The zero-order chi connectivity index (χ0) is 9.10. The van der Waals surface area contributed by atoms with E-state index in [-0.39, 0.29) is 12.7 Å². The highest BCUT2D eigenvalue weighted by Gasteiger charge is 2.24. The van der Waals surface area contributed by atoms with Crippen LogP contribution in [0.15, 0.2) is 11.7 Å². The average molecular weight is 200 g/mol. The van der Waals surface area contributed by atoms with E-state index in [0.29, 0.717) is 0 Å². The number of hydrogen-bond acceptors (Lipinski definition) is 3. The highest BCUT2D eigenvalue weighted by atomic mass is 32.1. The van der Waals surface area contributed by atoms with Crippen molar-refractivity contribution in [2.24, 2.45) is 0 Å². The van der Waals surface area contributed by atoms with Gasteiger partial charge in [0.2, 0.25) is 0 Å². The summed E-state index contributed by atoms with van der Waals surface area (Å²) in [5.41, 5.74) is 1.83. The van der Waals surface area contributed by atoms with Crippen molar-refractivity contribution in [1.82, 2.24) is 9.88 Å². The molecule has 0 amide bonds. The Kier molecular flexibility index (Phi) is 2.90. The standard InChI is InChI=1S/C9H13FN2S/c10-4-8-2-1-3-12(8)6-9-5-11-7-13-9/h5,7-8H,1-4,6H2/t8-/m1/s1. The number of alkyl halides is 1. The number of hydrogen-bond donors (Lipinski definition) is 0. The summed E-state index contributed by atoms with van der Waals surface area (Å²) in [6.07, 6.45) is 4.01. The summed E-state index contributed by atoms with van der Waals surface area (Å²) in [6, 6.07) is 0.155. The number of nitrogens with zero attached hydrogens (tertiary/aromatic N) is 2. The van der Waals surface area contributed by atoms with Crippen molar-refractivity contribution in [1.29, 1.82) is 0 Å². The lowest BCUT2D eigenvalue weighted by Crippen LogP contribution is -2.30. The normalized spacial score (nSPS) is 23.9. The first-order valence-electron chi connectivity index (χ1n) is 4.57. The summed E-state index contributed by atoms with van der Waals surface area (Å²) in [6.45, 7) is 1.70. The summed E-state index contributed by atoms with van der Waals surface area (Å²) in [5, 5.41) is 0. The number of halogens is 1. The predicted molar refractivity (Wildman–Crippen MR) is 51.5 cm³/mol. The van der Waals surface area contributed by atoms with Gasteiger partial charge in [0.15, 0.2) is 0 Å². The molecular weight excluding hydrogens is 187 g/mol. The first kappa shape index (κ1) is 9.09. The Morgan fingerprint density at radius 3 is 3.31 bits per heavy atom. The van der Waals surface area contributed by atoms with Gasteiger partial charge in [-0.25, -0.2) is 4.39 Å². The van der Waals surface area contributed by atoms with Crippen molar-refractivity contribution in [2.45, 2.75) is 25.4 Å². The predicted octanol–water partition coefficient (Wildman–Crippen LogP) is 2.08. The number of thiazole rings is 1. The maximum Gasteiger partial charge on any atom is 0.105 e. The molecule has 1 aromatic heterocycles. The molecule has 0 unspecified atom stereocenters. The van der Waals surface area contributed by atoms with Gasteiger partial charge in [0.1, 0.15) is 6.67 Å². The van der Waals surface area contributed by atoms with Gasteiger partial charge in [0.05, 0.1) is 5.51 Å². The molecule has 2 rings (SSSR count). The van der Waals surface area contributed by atoms with Crippen LogP contribution in [-0.2, 0) is 6.54 Å². The fourth-order valence-electron chi connectivity index (χ4n) is 1.80. The zero-order valence-electron chi connectivity index (χ0n) is 7.45. The van der Waals surface area contributed by atoms with Crippen LogP contribution in [0.4, 0.5) is 4.39 Å². The number of rotatable bonds is 3. The lowest BCUT2D eigenvalue weighted by molar-refractivity contribution is 0.209. The minimum atomic E-state index is -0.210. The maximum absolute atomic E-state index is 12.5. The lowest BCUT2D eigenvalue weighted by Gasteiger charge is -2.20. The monoisotopic (exact) mass is 200 g/mol. The highest BCUT2D eigenvalue weighted by Crippen LogP contribution is 2.21. The molecule has 0 spiro atoms. The summed E-state index contributed by atoms with van der Waals surface area (Å²) in [5.74, 6) is 0. The highest BCUT2D eigenvalue weighted by molar-refractivity contribution is 7.09. The first-order chi connectivity index (χ1) is 6.40. The molecule has 1 saturated heterocycles. The fraction of sp³-hybridized carbons (Fsp3) is 0.667. The molecular formula is C9H13FN2S. The van der Waals surface area contributed by atoms with Crippen molar-refractivity contribution in [3.8, 4) is 0 Å². The van der Waals surface area contributed by atoms with E-state index >= 15 is 0 Å². The second-order valence-electron chi connectivity index (χ2n) is 3.39. The van der Waals surface area contributed by atoms with Crippen molar-refractivity contribution < 1.29 is 4.39 Å². The van der Waals surface area contributed by atoms with E-state index in [4.69, 9.17) is 0 Å². The van der Waals surface area contributed by atoms with Crippen molar-refractivity contribution in [3.63, 3.8) is 0 Å². The Labute approximate surface area is 81.4 Å². The SMILES string of the molecule is FC[C@H]1CCCN1Cc1cncs1. The Hall–Kier alpha value is -0.480. The molecule has 2 heterocycles. The van der Waals surface area contributed by atoms with Crippen LogP contribution >= 0.6 is 11.3 Å². The van der Waals surface area contributed by atoms with Crippen LogP contribution in [0.2, 0.25) is 0 Å². The van der Waals surface area contributed by atoms with Gasteiger partial charge < -0.3 is 0 Å². The average Bonchev–Trinajstić information content (AvgIpc) is 2.76. The lowest BCUT2D eigenvalue weighted by atomic mass is 10.2. The van der Waals surface area contributed by atoms with E-state index in [1.54, 1.807) is 11.3 Å². The molecule has 1 aromatic rings. The van der Waals surface area contributed by atoms with Gasteiger partial charge in [-0.15, -0.1) is 11.3 Å². The van der Waals surface area contributed by atoms with Crippen molar-refractivity contribution >= 4 is 11.3 Å². The minimum Gasteiger partial charge on any atom is -0.293 e. The second kappa shape index (κ2) is 4.15. The smallest absolute Gasteiger partial charge is 0.105 e. The van der Waals surface area contributed by atoms with Gasteiger partial charge >= 0.3 is 0 Å². The van der Waals surface area contributed by atoms with E-state index < -0.39 is 0 Å². The quantitative estimate of drug-likeness (QED) is 0.742. The van der Waals surface area contributed by atoms with Crippen LogP contribution in [0.5, 0.6) is 0 Å². The van der Waals surface area contributed by atoms with E-state index in [1.807, 2.05) is 11.7 Å². The van der Waals surface area contributed by atoms with Crippen LogP contribution in [-0.4, -0.2) is 29.1 Å². The zero-order valence-corrected chi connectivity index (χ0v) is 8.26. The minimum absolute atomic E-state index is 0.155. The Balaban J connectivity index is 1.94. The van der Waals surface area contributed by atoms with Crippen LogP contribution in [0.25, 0.3) is 0 Å². The largest absolute Gasteiger partial charge is 0.293 e. The molecule has 1 aliphatic heterocycles. The fourth-order valence-corrected chi connectivity index (χ4v) is 2.42. The van der Waals surface area contributed by atoms with Gasteiger partial charge in [0.25, 0.3) is 0 Å². The Bertz CT molecular complexity index is 250. The topological polar surface area (TPSA) is 16.1 Å². The van der Waals surface area contributed by atoms with E-state index in [9.17, 15) is 4.39 Å². The van der Waals surface area contributed by atoms with Gasteiger partial charge in [0, 0.05) is 23.7 Å². The second-order valence-corrected chi connectivity index (χ2v) is 4.36. The van der Waals surface area contributed by atoms with Crippen LogP contribution in [0.3, 0.4) is 0 Å². The molecule has 1 aliphatic rings. The Morgan fingerprint density at radius 2 is 2.62 bits per heavy atom. The van der Waals surface area contributed by atoms with Gasteiger partial charge in [-0.1, -0.05) is 0 Å². The molecule has 0 N–H and O–H groups in total. The summed E-state index contributed by atoms with van der Waals surface area (Å²) < 4.78 is 12.5. The van der Waals surface area contributed by atoms with E-state index in [1.165, 1.54) is 4.88 Å². The van der Waals surface area contributed by atoms with E-state index in [2.05, 4.69) is 9.88 Å². The molecule has 0 radical (unpaired) electrons. The van der Waals surface area contributed by atoms with Crippen molar-refractivity contribution in [2.75, 3.05) is 13.2 Å². The van der Waals surface area contributed by atoms with Gasteiger partial charge in [-0.3, -0.25) is 9.88 Å². The molecule has 2 nitrogen and oxygen atoms in total. The molecule has 0 aromatic carbocycles. The molecule has 0 aliphatic carbocycles. The van der Waals surface area contributed by atoms with Crippen LogP contribution in [0, 0.1) is 0 Å². The first-order valence-corrected chi connectivity index (χ1v) is 5.45. The van der Waals surface area contributed by atoms with Crippen LogP contribution in [0.1, 0.15) is 17.7 Å². The number of likely N-dealkylation sites (tertiary alicyclic amines) is 1. The molecule has 0 saturated carbocycles. The molecule has 72 valence electrons. The van der Waals surface area contributed by atoms with E-state index in [0.717, 1.165) is 25.9 Å². The summed E-state index contributed by atoms with van der Waals surface area (Å²) >= 11 is 1.65. The molecule has 13 heavy (non-hydrogen) atoms. The Morgan fingerprint density at radius 1 is 1.69 bits per heavy atom. The molecule has 1 atom stereocenters. The maximum atomic E-state index is 12.5. The summed E-state index contributed by atoms with van der Waals surface area (Å²) in [4.78, 5) is 7.47. The third kappa shape index (κ3) is 2.06. The number of aromatic nitrogens is 1. The van der Waals surface area contributed by atoms with Crippen molar-refractivity contribution in [3.05, 3.63) is 16.6 Å². The molecule has 1 fully saturated rings. The molecule has 4 heteroatoms. The molecule has 0 bridgehead atoms.